The first-order valence-corrected chi connectivity index (χ1v) is 9.16. The molecule has 0 aliphatic rings. The highest BCUT2D eigenvalue weighted by atomic mass is 19.1. The van der Waals surface area contributed by atoms with Crippen LogP contribution in [0, 0.1) is 17.7 Å². The Bertz CT molecular complexity index is 869. The summed E-state index contributed by atoms with van der Waals surface area (Å²) in [5.74, 6) is 5.69. The minimum Gasteiger partial charge on any atom is -0.459 e. The van der Waals surface area contributed by atoms with E-state index in [4.69, 9.17) is 4.74 Å². The molecule has 28 heavy (non-hydrogen) atoms. The highest BCUT2D eigenvalue weighted by Crippen LogP contribution is 2.14. The topological polar surface area (TPSA) is 29.5 Å². The molecule has 0 aliphatic carbocycles. The van der Waals surface area contributed by atoms with Crippen molar-refractivity contribution >= 4 is 11.5 Å². The van der Waals surface area contributed by atoms with E-state index in [1.54, 1.807) is 12.1 Å². The van der Waals surface area contributed by atoms with E-state index in [-0.39, 0.29) is 18.3 Å². The van der Waals surface area contributed by atoms with Gasteiger partial charge in [0.1, 0.15) is 11.4 Å². The molecular weight excluding hydrogens is 353 g/mol. The fraction of sp³-hybridized carbons (Fsp3) is 0.292. The van der Waals surface area contributed by atoms with Crippen molar-refractivity contribution in [3.63, 3.8) is 0 Å². The van der Waals surface area contributed by atoms with E-state index in [0.717, 1.165) is 16.7 Å². The fourth-order valence-electron chi connectivity index (χ4n) is 2.44. The Kier molecular flexibility index (Phi) is 7.54. The summed E-state index contributed by atoms with van der Waals surface area (Å²) in [6.45, 7) is 6.29. The molecule has 0 bridgehead atoms. The molecule has 0 radical (unpaired) electrons. The van der Waals surface area contributed by atoms with Crippen LogP contribution in [0.1, 0.15) is 31.9 Å². The SMILES string of the molecule is CN(CC=C(C#Cc1ccc(F)cc1)c1ccccc1)CC(=O)OC(C)(C)C. The standard InChI is InChI=1S/C24H26FNO2/c1-24(2,3)28-23(27)18-26(4)17-16-21(20-8-6-5-7-9-20)13-10-19-11-14-22(25)15-12-19/h5-9,11-12,14-16H,17-18H2,1-4H3. The van der Waals surface area contributed by atoms with Crippen LogP contribution in [0.25, 0.3) is 5.57 Å². The van der Waals surface area contributed by atoms with Crippen molar-refractivity contribution in [1.29, 1.82) is 0 Å². The molecule has 0 unspecified atom stereocenters. The number of ether oxygens (including phenoxy) is 1. The predicted octanol–water partition coefficient (Wildman–Crippen LogP) is 4.53. The number of carbonyl (C=O) groups is 1. The van der Waals surface area contributed by atoms with E-state index in [0.29, 0.717) is 6.54 Å². The van der Waals surface area contributed by atoms with E-state index in [9.17, 15) is 9.18 Å². The minimum absolute atomic E-state index is 0.196. The van der Waals surface area contributed by atoms with Crippen molar-refractivity contribution in [1.82, 2.24) is 4.90 Å². The molecule has 2 aromatic rings. The van der Waals surface area contributed by atoms with E-state index in [2.05, 4.69) is 11.8 Å². The van der Waals surface area contributed by atoms with Crippen LogP contribution >= 0.6 is 0 Å². The summed E-state index contributed by atoms with van der Waals surface area (Å²) < 4.78 is 18.4. The van der Waals surface area contributed by atoms with Gasteiger partial charge >= 0.3 is 5.97 Å². The van der Waals surface area contributed by atoms with E-state index >= 15 is 0 Å². The second-order valence-electron chi connectivity index (χ2n) is 7.52. The van der Waals surface area contributed by atoms with Crippen molar-refractivity contribution in [2.24, 2.45) is 0 Å². The third kappa shape index (κ3) is 7.77. The summed E-state index contributed by atoms with van der Waals surface area (Å²) in [7, 11) is 1.86. The Morgan fingerprint density at radius 1 is 1.11 bits per heavy atom. The van der Waals surface area contributed by atoms with Gasteiger partial charge in [0, 0.05) is 17.7 Å². The molecule has 4 heteroatoms. The first-order chi connectivity index (χ1) is 13.2. The number of hydrogen-bond acceptors (Lipinski definition) is 3. The highest BCUT2D eigenvalue weighted by molar-refractivity contribution is 5.79. The van der Waals surface area contributed by atoms with Gasteiger partial charge in [-0.15, -0.1) is 0 Å². The highest BCUT2D eigenvalue weighted by Gasteiger charge is 2.17. The molecule has 2 aromatic carbocycles. The van der Waals surface area contributed by atoms with Crippen LogP contribution in [0.3, 0.4) is 0 Å². The molecule has 0 aliphatic heterocycles. The van der Waals surface area contributed by atoms with Gasteiger partial charge in [0.05, 0.1) is 6.54 Å². The second-order valence-corrected chi connectivity index (χ2v) is 7.52. The number of halogens is 1. The monoisotopic (exact) mass is 379 g/mol. The summed E-state index contributed by atoms with van der Waals surface area (Å²) >= 11 is 0. The third-order valence-electron chi connectivity index (χ3n) is 3.70. The number of likely N-dealkylation sites (N-methyl/N-ethyl adjacent to an activating group) is 1. The van der Waals surface area contributed by atoms with Gasteiger partial charge in [-0.25, -0.2) is 4.39 Å². The zero-order valence-electron chi connectivity index (χ0n) is 16.8. The number of hydrogen-bond donors (Lipinski definition) is 0. The lowest BCUT2D eigenvalue weighted by atomic mass is 10.1. The zero-order valence-corrected chi connectivity index (χ0v) is 16.8. The summed E-state index contributed by atoms with van der Waals surface area (Å²) in [4.78, 5) is 13.9. The third-order valence-corrected chi connectivity index (χ3v) is 3.70. The number of benzene rings is 2. The largest absolute Gasteiger partial charge is 0.459 e. The van der Waals surface area contributed by atoms with Crippen LogP contribution in [0.2, 0.25) is 0 Å². The fourth-order valence-corrected chi connectivity index (χ4v) is 2.44. The normalized spacial score (nSPS) is 11.7. The Morgan fingerprint density at radius 2 is 1.75 bits per heavy atom. The smallest absolute Gasteiger partial charge is 0.320 e. The van der Waals surface area contributed by atoms with Gasteiger partial charge in [0.25, 0.3) is 0 Å². The Morgan fingerprint density at radius 3 is 2.36 bits per heavy atom. The second kappa shape index (κ2) is 9.87. The first-order valence-electron chi connectivity index (χ1n) is 9.16. The van der Waals surface area contributed by atoms with E-state index < -0.39 is 5.60 Å². The van der Waals surface area contributed by atoms with Crippen LogP contribution in [0.4, 0.5) is 4.39 Å². The van der Waals surface area contributed by atoms with Gasteiger partial charge in [-0.3, -0.25) is 9.69 Å². The molecule has 0 fully saturated rings. The van der Waals surface area contributed by atoms with Crippen LogP contribution < -0.4 is 0 Å². The van der Waals surface area contributed by atoms with Crippen LogP contribution in [-0.4, -0.2) is 36.6 Å². The van der Waals surface area contributed by atoms with Crippen molar-refractivity contribution in [3.05, 3.63) is 77.6 Å². The van der Waals surface area contributed by atoms with Crippen LogP contribution in [0.5, 0.6) is 0 Å². The molecule has 0 atom stereocenters. The maximum Gasteiger partial charge on any atom is 0.320 e. The molecule has 0 saturated heterocycles. The Labute approximate surface area is 166 Å². The van der Waals surface area contributed by atoms with Gasteiger partial charge in [-0.2, -0.15) is 0 Å². The average Bonchev–Trinajstić information content (AvgIpc) is 2.62. The molecule has 3 nitrogen and oxygen atoms in total. The summed E-state index contributed by atoms with van der Waals surface area (Å²) in [5, 5.41) is 0. The Balaban J connectivity index is 2.14. The summed E-state index contributed by atoms with van der Waals surface area (Å²) in [6.07, 6.45) is 1.98. The quantitative estimate of drug-likeness (QED) is 0.564. The summed E-state index contributed by atoms with van der Waals surface area (Å²) in [6, 6.07) is 15.9. The van der Waals surface area contributed by atoms with Gasteiger partial charge in [0.15, 0.2) is 0 Å². The van der Waals surface area contributed by atoms with Gasteiger partial charge in [-0.05, 0) is 57.6 Å². The molecule has 0 saturated carbocycles. The van der Waals surface area contributed by atoms with Crippen molar-refractivity contribution in [3.8, 4) is 11.8 Å². The lowest BCUT2D eigenvalue weighted by Gasteiger charge is -2.22. The molecule has 2 rings (SSSR count). The summed E-state index contributed by atoms with van der Waals surface area (Å²) in [5.41, 5.74) is 2.08. The maximum absolute atomic E-state index is 13.1. The number of nitrogens with zero attached hydrogens (tertiary/aromatic N) is 1. The number of rotatable bonds is 5. The Hall–Kier alpha value is -2.90. The molecule has 0 N–H and O–H groups in total. The van der Waals surface area contributed by atoms with Crippen molar-refractivity contribution in [2.45, 2.75) is 26.4 Å². The molecular formula is C24H26FNO2. The van der Waals surface area contributed by atoms with E-state index in [1.807, 2.05) is 69.1 Å². The minimum atomic E-state index is -0.496. The molecule has 0 amide bonds. The average molecular weight is 379 g/mol. The van der Waals surface area contributed by atoms with Crippen molar-refractivity contribution < 1.29 is 13.9 Å². The van der Waals surface area contributed by atoms with Gasteiger partial charge < -0.3 is 4.74 Å². The van der Waals surface area contributed by atoms with Crippen molar-refractivity contribution in [2.75, 3.05) is 20.1 Å². The van der Waals surface area contributed by atoms with E-state index in [1.165, 1.54) is 12.1 Å². The molecule has 0 spiro atoms. The van der Waals surface area contributed by atoms with Gasteiger partial charge in [-0.1, -0.05) is 48.2 Å². The van der Waals surface area contributed by atoms with Crippen LogP contribution in [-0.2, 0) is 9.53 Å². The molecule has 0 aromatic heterocycles. The lowest BCUT2D eigenvalue weighted by Crippen LogP contribution is -2.32. The van der Waals surface area contributed by atoms with Gasteiger partial charge in [0.2, 0.25) is 0 Å². The zero-order chi connectivity index (χ0) is 20.6. The predicted molar refractivity (Wildman–Crippen MR) is 111 cm³/mol. The van der Waals surface area contributed by atoms with Crippen LogP contribution in [0.15, 0.2) is 60.7 Å². The molecule has 0 heterocycles. The maximum atomic E-state index is 13.1. The lowest BCUT2D eigenvalue weighted by molar-refractivity contribution is -0.155. The number of carbonyl (C=O) groups excluding carboxylic acids is 1. The molecule has 146 valence electrons. The number of esters is 1. The number of allylic oxidation sites excluding steroid dienone is 1. The first kappa shape index (κ1) is 21.4.